The van der Waals surface area contributed by atoms with Crippen LogP contribution in [0.15, 0.2) is 18.2 Å². The molecule has 5 heteroatoms. The van der Waals surface area contributed by atoms with Crippen LogP contribution in [0.5, 0.6) is 11.5 Å². The molecule has 1 unspecified atom stereocenters. The minimum Gasteiger partial charge on any atom is -0.497 e. The molecule has 0 aliphatic heterocycles. The normalized spacial score (nSPS) is 15.6. The summed E-state index contributed by atoms with van der Waals surface area (Å²) in [6, 6.07) is 5.91. The van der Waals surface area contributed by atoms with Gasteiger partial charge < -0.3 is 20.5 Å². The highest BCUT2D eigenvalue weighted by atomic mass is 16.5. The molecule has 110 valence electrons. The number of ether oxygens (including phenoxy) is 2. The molecule has 1 aliphatic carbocycles. The number of benzene rings is 1. The van der Waals surface area contributed by atoms with Crippen molar-refractivity contribution in [3.8, 4) is 11.5 Å². The van der Waals surface area contributed by atoms with Gasteiger partial charge in [0.15, 0.2) is 6.61 Å². The van der Waals surface area contributed by atoms with Crippen molar-refractivity contribution in [2.75, 3.05) is 13.7 Å². The Morgan fingerprint density at radius 2 is 2.25 bits per heavy atom. The van der Waals surface area contributed by atoms with E-state index in [0.717, 1.165) is 24.2 Å². The Morgan fingerprint density at radius 3 is 2.85 bits per heavy atom. The molecule has 0 heterocycles. The number of amides is 1. The third-order valence-electron chi connectivity index (χ3n) is 3.11. The Bertz CT molecular complexity index is 470. The monoisotopic (exact) mass is 278 g/mol. The van der Waals surface area contributed by atoms with Crippen LogP contribution < -0.4 is 20.5 Å². The van der Waals surface area contributed by atoms with Gasteiger partial charge in [-0.3, -0.25) is 4.79 Å². The maximum atomic E-state index is 11.6. The van der Waals surface area contributed by atoms with Crippen LogP contribution in [0.25, 0.3) is 0 Å². The van der Waals surface area contributed by atoms with Crippen molar-refractivity contribution in [2.45, 2.75) is 38.3 Å². The topological polar surface area (TPSA) is 73.6 Å². The Labute approximate surface area is 119 Å². The van der Waals surface area contributed by atoms with E-state index in [9.17, 15) is 4.79 Å². The summed E-state index contributed by atoms with van der Waals surface area (Å²) >= 11 is 0. The second-order valence-electron chi connectivity index (χ2n) is 5.29. The maximum absolute atomic E-state index is 11.6. The lowest BCUT2D eigenvalue weighted by atomic mass is 10.1. The van der Waals surface area contributed by atoms with Gasteiger partial charge in [-0.05, 0) is 49.9 Å². The van der Waals surface area contributed by atoms with Crippen LogP contribution in [0.2, 0.25) is 0 Å². The number of hydrogen-bond donors (Lipinski definition) is 2. The molecular weight excluding hydrogens is 256 g/mol. The molecule has 1 aromatic carbocycles. The van der Waals surface area contributed by atoms with Gasteiger partial charge in [-0.25, -0.2) is 0 Å². The first-order chi connectivity index (χ1) is 9.58. The van der Waals surface area contributed by atoms with Gasteiger partial charge in [0.25, 0.3) is 5.91 Å². The van der Waals surface area contributed by atoms with Crippen LogP contribution in [0.3, 0.4) is 0 Å². The molecule has 5 nitrogen and oxygen atoms in total. The molecule has 1 aliphatic rings. The van der Waals surface area contributed by atoms with Crippen LogP contribution in [0.4, 0.5) is 0 Å². The molecule has 2 rings (SSSR count). The van der Waals surface area contributed by atoms with E-state index in [1.165, 1.54) is 0 Å². The van der Waals surface area contributed by atoms with Crippen molar-refractivity contribution < 1.29 is 14.3 Å². The van der Waals surface area contributed by atoms with Crippen LogP contribution in [0, 0.1) is 0 Å². The molecule has 0 spiro atoms. The first-order valence-corrected chi connectivity index (χ1v) is 6.93. The number of carbonyl (C=O) groups is 1. The Hall–Kier alpha value is -1.75. The van der Waals surface area contributed by atoms with Crippen molar-refractivity contribution in [2.24, 2.45) is 5.73 Å². The van der Waals surface area contributed by atoms with E-state index in [2.05, 4.69) is 5.32 Å². The summed E-state index contributed by atoms with van der Waals surface area (Å²) in [7, 11) is 1.62. The minimum absolute atomic E-state index is 0.0183. The zero-order chi connectivity index (χ0) is 14.5. The summed E-state index contributed by atoms with van der Waals surface area (Å²) in [5.41, 5.74) is 6.80. The highest BCUT2D eigenvalue weighted by Gasteiger charge is 2.23. The lowest BCUT2D eigenvalue weighted by molar-refractivity contribution is -0.123. The van der Waals surface area contributed by atoms with Crippen molar-refractivity contribution in [1.82, 2.24) is 5.32 Å². The average Bonchev–Trinajstić information content (AvgIpc) is 3.20. The van der Waals surface area contributed by atoms with E-state index in [-0.39, 0.29) is 18.6 Å². The number of hydrogen-bond acceptors (Lipinski definition) is 4. The van der Waals surface area contributed by atoms with Gasteiger partial charge in [-0.1, -0.05) is 0 Å². The van der Waals surface area contributed by atoms with Crippen LogP contribution in [-0.2, 0) is 11.2 Å². The number of methoxy groups -OCH3 is 1. The van der Waals surface area contributed by atoms with Crippen molar-refractivity contribution in [3.63, 3.8) is 0 Å². The van der Waals surface area contributed by atoms with Crippen LogP contribution in [0.1, 0.15) is 25.3 Å². The SMILES string of the molecule is COc1ccc(OCC(=O)NC2CC2)c(CC(C)N)c1. The molecule has 3 N–H and O–H groups in total. The fourth-order valence-electron chi connectivity index (χ4n) is 1.97. The fraction of sp³-hybridized carbons (Fsp3) is 0.533. The molecule has 1 saturated carbocycles. The molecule has 20 heavy (non-hydrogen) atoms. The first-order valence-electron chi connectivity index (χ1n) is 6.93. The molecule has 0 aromatic heterocycles. The highest BCUT2D eigenvalue weighted by molar-refractivity contribution is 5.78. The van der Waals surface area contributed by atoms with Gasteiger partial charge in [-0.2, -0.15) is 0 Å². The van der Waals surface area contributed by atoms with Crippen molar-refractivity contribution in [1.29, 1.82) is 0 Å². The first kappa shape index (κ1) is 14.7. The van der Waals surface area contributed by atoms with E-state index < -0.39 is 0 Å². The van der Waals surface area contributed by atoms with Crippen molar-refractivity contribution in [3.05, 3.63) is 23.8 Å². The van der Waals surface area contributed by atoms with Gasteiger partial charge in [-0.15, -0.1) is 0 Å². The number of carbonyl (C=O) groups excluding carboxylic acids is 1. The maximum Gasteiger partial charge on any atom is 0.258 e. The molecule has 1 atom stereocenters. The second kappa shape index (κ2) is 6.61. The largest absolute Gasteiger partial charge is 0.497 e. The van der Waals surface area contributed by atoms with Gasteiger partial charge in [0.05, 0.1) is 7.11 Å². The predicted octanol–water partition coefficient (Wildman–Crippen LogP) is 1.24. The summed E-state index contributed by atoms with van der Waals surface area (Å²) in [5.74, 6) is 1.37. The molecule has 0 bridgehead atoms. The molecule has 0 saturated heterocycles. The lowest BCUT2D eigenvalue weighted by Gasteiger charge is -2.14. The predicted molar refractivity (Wildman–Crippen MR) is 77.0 cm³/mol. The third-order valence-corrected chi connectivity index (χ3v) is 3.11. The number of nitrogens with two attached hydrogens (primary N) is 1. The summed E-state index contributed by atoms with van der Waals surface area (Å²) < 4.78 is 10.8. The number of rotatable bonds is 7. The summed E-state index contributed by atoms with van der Waals surface area (Å²) in [4.78, 5) is 11.6. The van der Waals surface area contributed by atoms with Gasteiger partial charge in [0.1, 0.15) is 11.5 Å². The molecule has 1 fully saturated rings. The highest BCUT2D eigenvalue weighted by Crippen LogP contribution is 2.25. The lowest BCUT2D eigenvalue weighted by Crippen LogP contribution is -2.30. The Balaban J connectivity index is 1.98. The standard InChI is InChI=1S/C15H22N2O3/c1-10(16)7-11-8-13(19-2)5-6-14(11)20-9-15(18)17-12-3-4-12/h5-6,8,10,12H,3-4,7,9,16H2,1-2H3,(H,17,18). The van der Waals surface area contributed by atoms with E-state index in [4.69, 9.17) is 15.2 Å². The third kappa shape index (κ3) is 4.42. The van der Waals surface area contributed by atoms with E-state index in [1.807, 2.05) is 25.1 Å². The molecular formula is C15H22N2O3. The Morgan fingerprint density at radius 1 is 1.50 bits per heavy atom. The average molecular weight is 278 g/mol. The van der Waals surface area contributed by atoms with Crippen LogP contribution >= 0.6 is 0 Å². The zero-order valence-electron chi connectivity index (χ0n) is 12.0. The zero-order valence-corrected chi connectivity index (χ0v) is 12.0. The minimum atomic E-state index is -0.0740. The fourth-order valence-corrected chi connectivity index (χ4v) is 1.97. The van der Waals surface area contributed by atoms with Gasteiger partial charge in [0, 0.05) is 12.1 Å². The van der Waals surface area contributed by atoms with Gasteiger partial charge in [0.2, 0.25) is 0 Å². The van der Waals surface area contributed by atoms with Gasteiger partial charge >= 0.3 is 0 Å². The molecule has 1 aromatic rings. The summed E-state index contributed by atoms with van der Waals surface area (Å²) in [5, 5.41) is 2.89. The second-order valence-corrected chi connectivity index (χ2v) is 5.29. The summed E-state index contributed by atoms with van der Waals surface area (Å²) in [6.45, 7) is 1.97. The molecule has 1 amide bonds. The van der Waals surface area contributed by atoms with E-state index in [0.29, 0.717) is 18.2 Å². The van der Waals surface area contributed by atoms with Crippen LogP contribution in [-0.4, -0.2) is 31.7 Å². The van der Waals surface area contributed by atoms with E-state index >= 15 is 0 Å². The Kier molecular flexibility index (Phi) is 4.84. The van der Waals surface area contributed by atoms with E-state index in [1.54, 1.807) is 7.11 Å². The summed E-state index contributed by atoms with van der Waals surface area (Å²) in [6.07, 6.45) is 2.82. The quantitative estimate of drug-likeness (QED) is 0.787. The smallest absolute Gasteiger partial charge is 0.258 e. The van der Waals surface area contributed by atoms with Crippen molar-refractivity contribution >= 4 is 5.91 Å². The molecule has 0 radical (unpaired) electrons. The number of nitrogens with one attached hydrogen (secondary N) is 1.